The first-order valence-electron chi connectivity index (χ1n) is 12.1. The maximum absolute atomic E-state index is 13.5. The van der Waals surface area contributed by atoms with Crippen LogP contribution in [0.4, 0.5) is 5.69 Å². The number of amides is 1. The maximum Gasteiger partial charge on any atom is 0.285 e. The molecule has 2 aromatic carbocycles. The number of nitrogens with one attached hydrogen (secondary N) is 2. The highest BCUT2D eigenvalue weighted by Gasteiger charge is 2.22. The number of pyridine rings is 1. The molecule has 14 heteroatoms. The molecule has 0 bridgehead atoms. The fourth-order valence-electron chi connectivity index (χ4n) is 4.55. The predicted octanol–water partition coefficient (Wildman–Crippen LogP) is 3.10. The van der Waals surface area contributed by atoms with Crippen LogP contribution in [0.25, 0.3) is 33.3 Å². The number of hydrogen-bond donors (Lipinski definition) is 2. The van der Waals surface area contributed by atoms with Crippen LogP contribution < -0.4 is 15.6 Å². The first-order valence-corrected chi connectivity index (χ1v) is 14.4. The summed E-state index contributed by atoms with van der Waals surface area (Å²) in [6.45, 7) is 3.71. The van der Waals surface area contributed by atoms with E-state index in [9.17, 15) is 18.0 Å². The summed E-state index contributed by atoms with van der Waals surface area (Å²) in [7, 11) is -0.433. The zero-order chi connectivity index (χ0) is 28.9. The van der Waals surface area contributed by atoms with E-state index in [0.717, 1.165) is 17.3 Å². The van der Waals surface area contributed by atoms with Gasteiger partial charge in [0.15, 0.2) is 5.69 Å². The SMILES string of the molecule is Cc1cc([C@@H](C)Nc2ccc(Cl)nc2C(=O)NS(C)(=O)=O)c2nc(-c3ccc4nn(C)nc4c3)n(C)c(=O)c2c1. The van der Waals surface area contributed by atoms with Gasteiger partial charge in [0.2, 0.25) is 10.0 Å². The van der Waals surface area contributed by atoms with Gasteiger partial charge in [-0.2, -0.15) is 15.0 Å². The summed E-state index contributed by atoms with van der Waals surface area (Å²) >= 11 is 6.01. The smallest absolute Gasteiger partial charge is 0.285 e. The summed E-state index contributed by atoms with van der Waals surface area (Å²) in [5, 5.41) is 12.3. The molecule has 5 aromatic rings. The standard InChI is InChI=1S/C26H25ClN8O4S/c1-13-10-16(14(2)28-19-8-9-21(27)29-23(19)25(36)33-40(5,38)39)22-17(11-13)26(37)34(3)24(30-22)15-6-7-18-20(12-15)32-35(4)31-18/h6-12,14,28H,1-5H3,(H,33,36)/t14-/m1/s1. The Morgan fingerprint density at radius 3 is 2.48 bits per heavy atom. The summed E-state index contributed by atoms with van der Waals surface area (Å²) < 4.78 is 26.7. The molecule has 40 heavy (non-hydrogen) atoms. The molecule has 0 aliphatic rings. The molecule has 0 unspecified atom stereocenters. The van der Waals surface area contributed by atoms with E-state index in [2.05, 4.69) is 20.5 Å². The number of nitrogens with zero attached hydrogens (tertiary/aromatic N) is 6. The molecule has 3 aromatic heterocycles. The number of sulfonamides is 1. The van der Waals surface area contributed by atoms with Crippen molar-refractivity contribution in [3.8, 4) is 11.4 Å². The highest BCUT2D eigenvalue weighted by Crippen LogP contribution is 2.30. The summed E-state index contributed by atoms with van der Waals surface area (Å²) in [5.74, 6) is -0.480. The zero-order valence-corrected chi connectivity index (χ0v) is 23.8. The molecule has 0 spiro atoms. The van der Waals surface area contributed by atoms with E-state index >= 15 is 0 Å². The maximum atomic E-state index is 13.5. The number of aromatic nitrogens is 6. The Kier molecular flexibility index (Phi) is 6.80. The van der Waals surface area contributed by atoms with E-state index in [4.69, 9.17) is 16.6 Å². The lowest BCUT2D eigenvalue weighted by molar-refractivity contribution is 0.0977. The van der Waals surface area contributed by atoms with E-state index in [1.807, 2.05) is 42.8 Å². The first-order chi connectivity index (χ1) is 18.8. The Morgan fingerprint density at radius 1 is 1.02 bits per heavy atom. The molecule has 2 N–H and O–H groups in total. The van der Waals surface area contributed by atoms with Crippen molar-refractivity contribution in [3.63, 3.8) is 0 Å². The molecule has 0 saturated heterocycles. The predicted molar refractivity (Wildman–Crippen MR) is 153 cm³/mol. The van der Waals surface area contributed by atoms with E-state index in [1.54, 1.807) is 20.2 Å². The molecule has 12 nitrogen and oxygen atoms in total. The molecule has 5 rings (SSSR count). The number of aryl methyl sites for hydroxylation is 2. The molecule has 0 radical (unpaired) electrons. The second kappa shape index (κ2) is 9.99. The molecule has 0 aliphatic heterocycles. The molecular weight excluding hydrogens is 556 g/mol. The molecule has 0 saturated carbocycles. The summed E-state index contributed by atoms with van der Waals surface area (Å²) in [6, 6.07) is 11.7. The lowest BCUT2D eigenvalue weighted by Crippen LogP contribution is -2.31. The minimum Gasteiger partial charge on any atom is -0.377 e. The Morgan fingerprint density at radius 2 is 1.75 bits per heavy atom. The van der Waals surface area contributed by atoms with Gasteiger partial charge < -0.3 is 5.32 Å². The van der Waals surface area contributed by atoms with Crippen molar-refractivity contribution in [1.29, 1.82) is 0 Å². The van der Waals surface area contributed by atoms with Gasteiger partial charge in [-0.25, -0.2) is 23.1 Å². The van der Waals surface area contributed by atoms with Gasteiger partial charge in [-0.3, -0.25) is 14.2 Å². The zero-order valence-electron chi connectivity index (χ0n) is 22.2. The lowest BCUT2D eigenvalue weighted by atomic mass is 10.0. The monoisotopic (exact) mass is 580 g/mol. The average Bonchev–Trinajstić information content (AvgIpc) is 3.25. The normalized spacial score (nSPS) is 12.6. The fraction of sp³-hybridized carbons (Fsp3) is 0.231. The van der Waals surface area contributed by atoms with E-state index in [0.29, 0.717) is 33.4 Å². The summed E-state index contributed by atoms with van der Waals surface area (Å²) in [4.78, 5) is 36.6. The van der Waals surface area contributed by atoms with Crippen LogP contribution in [0.5, 0.6) is 0 Å². The largest absolute Gasteiger partial charge is 0.377 e. The van der Waals surface area contributed by atoms with Crippen molar-refractivity contribution in [1.82, 2.24) is 34.3 Å². The van der Waals surface area contributed by atoms with E-state index in [-0.39, 0.29) is 22.1 Å². The molecule has 0 aliphatic carbocycles. The van der Waals surface area contributed by atoms with Crippen LogP contribution in [-0.2, 0) is 24.1 Å². The van der Waals surface area contributed by atoms with E-state index in [1.165, 1.54) is 21.5 Å². The summed E-state index contributed by atoms with van der Waals surface area (Å²) in [5.41, 5.74) is 3.94. The van der Waals surface area contributed by atoms with Crippen molar-refractivity contribution in [3.05, 3.63) is 74.8 Å². The van der Waals surface area contributed by atoms with Crippen LogP contribution in [0.1, 0.15) is 34.6 Å². The number of fused-ring (bicyclic) bond motifs is 2. The van der Waals surface area contributed by atoms with Gasteiger partial charge in [0.25, 0.3) is 11.5 Å². The van der Waals surface area contributed by atoms with Gasteiger partial charge in [0, 0.05) is 25.2 Å². The molecule has 1 atom stereocenters. The molecule has 0 fully saturated rings. The van der Waals surface area contributed by atoms with Crippen LogP contribution in [0.2, 0.25) is 5.15 Å². The Bertz CT molecular complexity index is 2000. The van der Waals surface area contributed by atoms with Gasteiger partial charge in [0.1, 0.15) is 22.0 Å². The fourth-order valence-corrected chi connectivity index (χ4v) is 5.14. The van der Waals surface area contributed by atoms with Crippen molar-refractivity contribution in [2.75, 3.05) is 11.6 Å². The number of hydrogen-bond acceptors (Lipinski definition) is 9. The van der Waals surface area contributed by atoms with Gasteiger partial charge in [-0.05, 0) is 55.8 Å². The van der Waals surface area contributed by atoms with Gasteiger partial charge >= 0.3 is 0 Å². The van der Waals surface area contributed by atoms with Crippen LogP contribution in [0.15, 0.2) is 47.3 Å². The molecule has 206 valence electrons. The average molecular weight is 581 g/mol. The number of rotatable bonds is 6. The number of halogens is 1. The Balaban J connectivity index is 1.62. The quantitative estimate of drug-likeness (QED) is 0.288. The van der Waals surface area contributed by atoms with Crippen molar-refractivity contribution < 1.29 is 13.2 Å². The minimum absolute atomic E-state index is 0.0211. The second-order valence-electron chi connectivity index (χ2n) is 9.54. The Labute approximate surface area is 234 Å². The van der Waals surface area contributed by atoms with E-state index < -0.39 is 22.0 Å². The third-order valence-electron chi connectivity index (χ3n) is 6.29. The van der Waals surface area contributed by atoms with Crippen molar-refractivity contribution in [2.24, 2.45) is 14.1 Å². The van der Waals surface area contributed by atoms with Crippen LogP contribution in [0.3, 0.4) is 0 Å². The van der Waals surface area contributed by atoms with Gasteiger partial charge in [0.05, 0.1) is 28.9 Å². The number of carbonyl (C=O) groups is 1. The number of benzene rings is 2. The van der Waals surface area contributed by atoms with Crippen LogP contribution >= 0.6 is 11.6 Å². The van der Waals surface area contributed by atoms with Crippen molar-refractivity contribution >= 4 is 55.2 Å². The topological polar surface area (TPSA) is 154 Å². The van der Waals surface area contributed by atoms with Crippen LogP contribution in [-0.4, -0.2) is 50.1 Å². The lowest BCUT2D eigenvalue weighted by Gasteiger charge is -2.20. The van der Waals surface area contributed by atoms with Gasteiger partial charge in [-0.15, -0.1) is 0 Å². The highest BCUT2D eigenvalue weighted by atomic mass is 35.5. The second-order valence-corrected chi connectivity index (χ2v) is 11.7. The molecule has 1 amide bonds. The Hall–Kier alpha value is -4.36. The number of carbonyl (C=O) groups excluding carboxylic acids is 1. The van der Waals surface area contributed by atoms with Gasteiger partial charge in [-0.1, -0.05) is 17.7 Å². The third kappa shape index (κ3) is 5.25. The van der Waals surface area contributed by atoms with Crippen LogP contribution in [0, 0.1) is 6.92 Å². The summed E-state index contributed by atoms with van der Waals surface area (Å²) in [6.07, 6.45) is 0.871. The first kappa shape index (κ1) is 27.2. The number of anilines is 1. The van der Waals surface area contributed by atoms with Crippen molar-refractivity contribution in [2.45, 2.75) is 19.9 Å². The molecular formula is C26H25ClN8O4S. The highest BCUT2D eigenvalue weighted by molar-refractivity contribution is 7.89. The molecule has 3 heterocycles. The third-order valence-corrected chi connectivity index (χ3v) is 7.05. The minimum atomic E-state index is -3.84.